The molecule has 1 saturated heterocycles. The Morgan fingerprint density at radius 1 is 1.11 bits per heavy atom. The Morgan fingerprint density at radius 2 is 1.86 bits per heavy atom. The van der Waals surface area contributed by atoms with E-state index in [9.17, 15) is 4.79 Å². The van der Waals surface area contributed by atoms with Crippen molar-refractivity contribution in [1.29, 1.82) is 0 Å². The van der Waals surface area contributed by atoms with Crippen LogP contribution in [0.5, 0.6) is 11.5 Å². The Balaban J connectivity index is 1.37. The van der Waals surface area contributed by atoms with Crippen LogP contribution in [0, 0.1) is 0 Å². The molecule has 1 amide bonds. The summed E-state index contributed by atoms with van der Waals surface area (Å²) < 4.78 is 10.6. The summed E-state index contributed by atoms with van der Waals surface area (Å²) in [6.45, 7) is 1.52. The van der Waals surface area contributed by atoms with Gasteiger partial charge in [0.25, 0.3) is 0 Å². The van der Waals surface area contributed by atoms with Crippen molar-refractivity contribution in [1.82, 2.24) is 14.9 Å². The van der Waals surface area contributed by atoms with E-state index in [4.69, 9.17) is 14.5 Å². The zero-order chi connectivity index (χ0) is 19.5. The molecule has 0 saturated carbocycles. The average molecular weight is 379 g/mol. The smallest absolute Gasteiger partial charge is 0.226 e. The van der Waals surface area contributed by atoms with Gasteiger partial charge in [-0.1, -0.05) is 18.2 Å². The second kappa shape index (κ2) is 7.92. The highest BCUT2D eigenvalue weighted by atomic mass is 16.5. The van der Waals surface area contributed by atoms with Crippen LogP contribution in [-0.2, 0) is 11.2 Å². The quantitative estimate of drug-likeness (QED) is 0.736. The van der Waals surface area contributed by atoms with E-state index in [1.807, 2.05) is 47.4 Å². The second-order valence-electron chi connectivity index (χ2n) is 7.16. The van der Waals surface area contributed by atoms with Crippen LogP contribution in [0.4, 0.5) is 0 Å². The number of carbonyl (C=O) groups excluding carboxylic acids is 1. The van der Waals surface area contributed by atoms with E-state index in [-0.39, 0.29) is 5.91 Å². The molecule has 2 aromatic carbocycles. The minimum atomic E-state index is 0.148. The van der Waals surface area contributed by atoms with E-state index in [1.165, 1.54) is 0 Å². The number of hydrogen-bond acceptors (Lipinski definition) is 4. The SMILES string of the molecule is COc1ccc(CC(=O)N2CCC(c3nc4ccccc4[nH]3)CC2)cc1OC. The van der Waals surface area contributed by atoms with Crippen LogP contribution in [0.15, 0.2) is 42.5 Å². The monoisotopic (exact) mass is 379 g/mol. The topological polar surface area (TPSA) is 67.5 Å². The zero-order valence-corrected chi connectivity index (χ0v) is 16.3. The standard InChI is InChI=1S/C22H25N3O3/c1-27-19-8-7-15(13-20(19)28-2)14-21(26)25-11-9-16(10-12-25)22-23-17-5-3-4-6-18(17)24-22/h3-8,13,16H,9-12,14H2,1-2H3,(H,23,24). The van der Waals surface area contributed by atoms with Crippen LogP contribution in [-0.4, -0.2) is 48.1 Å². The van der Waals surface area contributed by atoms with Gasteiger partial charge in [0.05, 0.1) is 31.7 Å². The van der Waals surface area contributed by atoms with Gasteiger partial charge in [0.15, 0.2) is 11.5 Å². The number of piperidine rings is 1. The molecule has 0 aliphatic carbocycles. The van der Waals surface area contributed by atoms with Gasteiger partial charge in [-0.15, -0.1) is 0 Å². The third-order valence-electron chi connectivity index (χ3n) is 5.45. The molecule has 4 rings (SSSR count). The molecule has 1 aromatic heterocycles. The van der Waals surface area contributed by atoms with Gasteiger partial charge < -0.3 is 19.4 Å². The highest BCUT2D eigenvalue weighted by Crippen LogP contribution is 2.30. The predicted octanol–water partition coefficient (Wildman–Crippen LogP) is 3.53. The number of rotatable bonds is 5. The van der Waals surface area contributed by atoms with Crippen LogP contribution in [0.2, 0.25) is 0 Å². The number of fused-ring (bicyclic) bond motifs is 1. The lowest BCUT2D eigenvalue weighted by atomic mass is 9.95. The number of aromatic amines is 1. The minimum Gasteiger partial charge on any atom is -0.493 e. The van der Waals surface area contributed by atoms with E-state index in [1.54, 1.807) is 14.2 Å². The predicted molar refractivity (Wildman–Crippen MR) is 108 cm³/mol. The number of amides is 1. The Bertz CT molecular complexity index is 941. The number of carbonyl (C=O) groups is 1. The van der Waals surface area contributed by atoms with Crippen molar-refractivity contribution >= 4 is 16.9 Å². The molecular weight excluding hydrogens is 354 g/mol. The third-order valence-corrected chi connectivity index (χ3v) is 5.45. The first-order valence-electron chi connectivity index (χ1n) is 9.61. The van der Waals surface area contributed by atoms with Gasteiger partial charge in [0, 0.05) is 19.0 Å². The van der Waals surface area contributed by atoms with Gasteiger partial charge in [-0.25, -0.2) is 4.98 Å². The Labute approximate surface area is 164 Å². The lowest BCUT2D eigenvalue weighted by Gasteiger charge is -2.31. The van der Waals surface area contributed by atoms with Crippen molar-refractivity contribution in [3.05, 3.63) is 53.9 Å². The highest BCUT2D eigenvalue weighted by Gasteiger charge is 2.26. The number of H-pyrrole nitrogens is 1. The van der Waals surface area contributed by atoms with Gasteiger partial charge in [-0.2, -0.15) is 0 Å². The molecule has 146 valence electrons. The molecule has 1 aliphatic heterocycles. The van der Waals surface area contributed by atoms with E-state index in [2.05, 4.69) is 4.98 Å². The summed E-state index contributed by atoms with van der Waals surface area (Å²) in [7, 11) is 3.21. The fourth-order valence-corrected chi connectivity index (χ4v) is 3.85. The van der Waals surface area contributed by atoms with E-state index in [0.717, 1.165) is 48.4 Å². The molecule has 1 fully saturated rings. The Kier molecular flexibility index (Phi) is 5.19. The molecule has 2 heterocycles. The molecular formula is C22H25N3O3. The van der Waals surface area contributed by atoms with Crippen molar-refractivity contribution in [3.8, 4) is 11.5 Å². The van der Waals surface area contributed by atoms with Gasteiger partial charge in [-0.3, -0.25) is 4.79 Å². The molecule has 1 N–H and O–H groups in total. The molecule has 6 heteroatoms. The minimum absolute atomic E-state index is 0.148. The molecule has 6 nitrogen and oxygen atoms in total. The molecule has 0 radical (unpaired) electrons. The fourth-order valence-electron chi connectivity index (χ4n) is 3.85. The summed E-state index contributed by atoms with van der Waals surface area (Å²) in [6.07, 6.45) is 2.23. The number of nitrogens with zero attached hydrogens (tertiary/aromatic N) is 2. The van der Waals surface area contributed by atoms with Gasteiger partial charge in [-0.05, 0) is 42.7 Å². The number of imidazole rings is 1. The number of aromatic nitrogens is 2. The Morgan fingerprint density at radius 3 is 2.57 bits per heavy atom. The number of methoxy groups -OCH3 is 2. The van der Waals surface area contributed by atoms with Crippen molar-refractivity contribution in [3.63, 3.8) is 0 Å². The molecule has 0 spiro atoms. The first kappa shape index (κ1) is 18.3. The maximum absolute atomic E-state index is 12.7. The maximum Gasteiger partial charge on any atom is 0.226 e. The molecule has 3 aromatic rings. The summed E-state index contributed by atoms with van der Waals surface area (Å²) in [6, 6.07) is 13.7. The van der Waals surface area contributed by atoms with Crippen LogP contribution in [0.25, 0.3) is 11.0 Å². The molecule has 0 bridgehead atoms. The first-order valence-corrected chi connectivity index (χ1v) is 9.61. The van der Waals surface area contributed by atoms with Crippen molar-refractivity contribution in [2.75, 3.05) is 27.3 Å². The second-order valence-corrected chi connectivity index (χ2v) is 7.16. The van der Waals surface area contributed by atoms with Crippen LogP contribution in [0.3, 0.4) is 0 Å². The van der Waals surface area contributed by atoms with Crippen molar-refractivity contribution < 1.29 is 14.3 Å². The van der Waals surface area contributed by atoms with Gasteiger partial charge in [0.1, 0.15) is 5.82 Å². The lowest BCUT2D eigenvalue weighted by Crippen LogP contribution is -2.39. The summed E-state index contributed by atoms with van der Waals surface area (Å²) in [5.74, 6) is 2.88. The Hall–Kier alpha value is -3.02. The fraction of sp³-hybridized carbons (Fsp3) is 0.364. The van der Waals surface area contributed by atoms with Gasteiger partial charge in [0.2, 0.25) is 5.91 Å². The largest absolute Gasteiger partial charge is 0.493 e. The summed E-state index contributed by atoms with van der Waals surface area (Å²) in [5, 5.41) is 0. The van der Waals surface area contributed by atoms with Crippen LogP contribution in [0.1, 0.15) is 30.1 Å². The normalized spacial score (nSPS) is 15.0. The number of nitrogens with one attached hydrogen (secondary N) is 1. The average Bonchev–Trinajstić information content (AvgIpc) is 3.18. The molecule has 0 unspecified atom stereocenters. The van der Waals surface area contributed by atoms with E-state index in [0.29, 0.717) is 23.8 Å². The van der Waals surface area contributed by atoms with Crippen molar-refractivity contribution in [2.45, 2.75) is 25.2 Å². The van der Waals surface area contributed by atoms with E-state index < -0.39 is 0 Å². The maximum atomic E-state index is 12.7. The van der Waals surface area contributed by atoms with Gasteiger partial charge >= 0.3 is 0 Å². The van der Waals surface area contributed by atoms with E-state index >= 15 is 0 Å². The zero-order valence-electron chi connectivity index (χ0n) is 16.3. The summed E-state index contributed by atoms with van der Waals surface area (Å²) >= 11 is 0. The van der Waals surface area contributed by atoms with Crippen LogP contribution < -0.4 is 9.47 Å². The molecule has 28 heavy (non-hydrogen) atoms. The third kappa shape index (κ3) is 3.67. The van der Waals surface area contributed by atoms with Crippen molar-refractivity contribution in [2.24, 2.45) is 0 Å². The number of ether oxygens (including phenoxy) is 2. The highest BCUT2D eigenvalue weighted by molar-refractivity contribution is 5.79. The number of para-hydroxylation sites is 2. The van der Waals surface area contributed by atoms with Crippen LogP contribution >= 0.6 is 0 Å². The summed E-state index contributed by atoms with van der Waals surface area (Å²) in [4.78, 5) is 22.8. The number of likely N-dealkylation sites (tertiary alicyclic amines) is 1. The molecule has 0 atom stereocenters. The lowest BCUT2D eigenvalue weighted by molar-refractivity contribution is -0.131. The first-order chi connectivity index (χ1) is 13.7. The number of benzene rings is 2. The summed E-state index contributed by atoms with van der Waals surface area (Å²) in [5.41, 5.74) is 3.01. The number of hydrogen-bond donors (Lipinski definition) is 1. The molecule has 1 aliphatic rings.